The van der Waals surface area contributed by atoms with E-state index in [1.807, 2.05) is 43.0 Å². The number of carbonyl (C=O) groups excluding carboxylic acids is 1. The average Bonchev–Trinajstić information content (AvgIpc) is 2.67. The number of hydrogen-bond donors (Lipinski definition) is 1. The summed E-state index contributed by atoms with van der Waals surface area (Å²) in [5, 5.41) is 10.3. The number of ether oxygens (including phenoxy) is 2. The summed E-state index contributed by atoms with van der Waals surface area (Å²) >= 11 is 0. The first-order chi connectivity index (χ1) is 12.9. The van der Waals surface area contributed by atoms with E-state index in [0.717, 1.165) is 25.1 Å². The number of aliphatic hydroxyl groups excluding tert-OH is 1. The van der Waals surface area contributed by atoms with E-state index < -0.39 is 6.10 Å². The Balaban J connectivity index is 1.79. The van der Waals surface area contributed by atoms with Gasteiger partial charge in [0.05, 0.1) is 7.11 Å². The quantitative estimate of drug-likeness (QED) is 0.668. The molecular formula is C21H32N2O4. The second kappa shape index (κ2) is 10.3. The van der Waals surface area contributed by atoms with Gasteiger partial charge in [-0.1, -0.05) is 26.0 Å². The molecule has 0 radical (unpaired) electrons. The third-order valence-electron chi connectivity index (χ3n) is 4.69. The zero-order valence-electron chi connectivity index (χ0n) is 16.7. The van der Waals surface area contributed by atoms with Gasteiger partial charge in [0.2, 0.25) is 5.91 Å². The molecule has 1 N–H and O–H groups in total. The molecule has 0 unspecified atom stereocenters. The van der Waals surface area contributed by atoms with Gasteiger partial charge in [-0.15, -0.1) is 6.58 Å². The molecule has 0 spiro atoms. The lowest BCUT2D eigenvalue weighted by molar-refractivity contribution is -0.136. The van der Waals surface area contributed by atoms with Gasteiger partial charge in [0.15, 0.2) is 11.5 Å². The molecule has 6 heteroatoms. The molecule has 6 nitrogen and oxygen atoms in total. The van der Waals surface area contributed by atoms with Gasteiger partial charge in [0, 0.05) is 38.6 Å². The lowest BCUT2D eigenvalue weighted by Gasteiger charge is -2.36. The molecule has 1 aliphatic heterocycles. The normalized spacial score (nSPS) is 16.3. The number of methoxy groups -OCH3 is 1. The number of allylic oxidation sites excluding steroid dienone is 1. The molecule has 1 amide bonds. The molecular weight excluding hydrogens is 344 g/mol. The Labute approximate surface area is 162 Å². The third-order valence-corrected chi connectivity index (χ3v) is 4.69. The highest BCUT2D eigenvalue weighted by molar-refractivity contribution is 5.78. The minimum atomic E-state index is -0.602. The standard InChI is InChI=1S/C21H32N2O4/c1-5-6-17-7-8-19(20(13-17)26-4)27-15-18(24)14-22-9-11-23(12-10-22)21(25)16(2)3/h5,7-8,13,16,18,24H,1,6,9-12,14-15H2,2-4H3/t18-/m0/s1. The maximum atomic E-state index is 12.0. The topological polar surface area (TPSA) is 62.2 Å². The van der Waals surface area contributed by atoms with Crippen molar-refractivity contribution in [3.05, 3.63) is 36.4 Å². The van der Waals surface area contributed by atoms with Crippen LogP contribution in [0.25, 0.3) is 0 Å². The van der Waals surface area contributed by atoms with Crippen LogP contribution in [-0.4, -0.2) is 73.4 Å². The number of piperazine rings is 1. The third kappa shape index (κ3) is 6.26. The summed E-state index contributed by atoms with van der Waals surface area (Å²) in [4.78, 5) is 16.1. The molecule has 0 aliphatic carbocycles. The van der Waals surface area contributed by atoms with E-state index in [2.05, 4.69) is 11.5 Å². The minimum Gasteiger partial charge on any atom is -0.493 e. The first kappa shape index (κ1) is 21.3. The van der Waals surface area contributed by atoms with Crippen molar-refractivity contribution < 1.29 is 19.4 Å². The van der Waals surface area contributed by atoms with Crippen LogP contribution in [0.5, 0.6) is 11.5 Å². The number of rotatable bonds is 9. The molecule has 1 aromatic carbocycles. The maximum absolute atomic E-state index is 12.0. The Bertz CT molecular complexity index is 625. The Morgan fingerprint density at radius 1 is 1.26 bits per heavy atom. The van der Waals surface area contributed by atoms with E-state index >= 15 is 0 Å². The van der Waals surface area contributed by atoms with Gasteiger partial charge in [0.25, 0.3) is 0 Å². The van der Waals surface area contributed by atoms with E-state index in [1.54, 1.807) is 7.11 Å². The fraction of sp³-hybridized carbons (Fsp3) is 0.571. The molecule has 0 aromatic heterocycles. The molecule has 1 saturated heterocycles. The molecule has 1 aromatic rings. The van der Waals surface area contributed by atoms with Crippen LogP contribution in [-0.2, 0) is 11.2 Å². The van der Waals surface area contributed by atoms with Gasteiger partial charge in [0.1, 0.15) is 12.7 Å². The summed E-state index contributed by atoms with van der Waals surface area (Å²) in [6.45, 7) is 11.3. The molecule has 27 heavy (non-hydrogen) atoms. The van der Waals surface area contributed by atoms with Gasteiger partial charge in [-0.2, -0.15) is 0 Å². The highest BCUT2D eigenvalue weighted by Gasteiger charge is 2.24. The zero-order valence-corrected chi connectivity index (χ0v) is 16.7. The zero-order chi connectivity index (χ0) is 19.8. The lowest BCUT2D eigenvalue weighted by atomic mass is 10.1. The fourth-order valence-electron chi connectivity index (χ4n) is 3.18. The summed E-state index contributed by atoms with van der Waals surface area (Å²) in [7, 11) is 1.61. The van der Waals surface area contributed by atoms with Crippen LogP contribution in [0.15, 0.2) is 30.9 Å². The highest BCUT2D eigenvalue weighted by atomic mass is 16.5. The van der Waals surface area contributed by atoms with E-state index in [4.69, 9.17) is 9.47 Å². The van der Waals surface area contributed by atoms with Gasteiger partial charge in [-0.3, -0.25) is 9.69 Å². The number of hydrogen-bond acceptors (Lipinski definition) is 5. The van der Waals surface area contributed by atoms with Gasteiger partial charge >= 0.3 is 0 Å². The molecule has 150 valence electrons. The van der Waals surface area contributed by atoms with Crippen molar-refractivity contribution in [3.63, 3.8) is 0 Å². The average molecular weight is 376 g/mol. The van der Waals surface area contributed by atoms with Crippen molar-refractivity contribution in [2.75, 3.05) is 46.4 Å². The van der Waals surface area contributed by atoms with E-state index in [9.17, 15) is 9.90 Å². The largest absolute Gasteiger partial charge is 0.493 e. The molecule has 0 bridgehead atoms. The first-order valence-corrected chi connectivity index (χ1v) is 9.54. The molecule has 1 aliphatic rings. The molecule has 2 rings (SSSR count). The van der Waals surface area contributed by atoms with E-state index in [-0.39, 0.29) is 18.4 Å². The summed E-state index contributed by atoms with van der Waals surface area (Å²) < 4.78 is 11.1. The van der Waals surface area contributed by atoms with Crippen LogP contribution in [0.1, 0.15) is 19.4 Å². The SMILES string of the molecule is C=CCc1ccc(OC[C@@H](O)CN2CCN(C(=O)C(C)C)CC2)c(OC)c1. The van der Waals surface area contributed by atoms with Gasteiger partial charge in [-0.05, 0) is 24.1 Å². The second-order valence-corrected chi connectivity index (χ2v) is 7.22. The van der Waals surface area contributed by atoms with Crippen molar-refractivity contribution in [2.45, 2.75) is 26.4 Å². The Morgan fingerprint density at radius 2 is 1.96 bits per heavy atom. The molecule has 1 fully saturated rings. The number of carbonyl (C=O) groups is 1. The smallest absolute Gasteiger partial charge is 0.225 e. The number of aliphatic hydroxyl groups is 1. The first-order valence-electron chi connectivity index (χ1n) is 9.54. The number of nitrogens with zero attached hydrogens (tertiary/aromatic N) is 2. The Kier molecular flexibility index (Phi) is 8.13. The number of amides is 1. The van der Waals surface area contributed by atoms with Crippen LogP contribution in [0.3, 0.4) is 0 Å². The van der Waals surface area contributed by atoms with Crippen LogP contribution < -0.4 is 9.47 Å². The van der Waals surface area contributed by atoms with Crippen LogP contribution in [0.2, 0.25) is 0 Å². The second-order valence-electron chi connectivity index (χ2n) is 7.22. The van der Waals surface area contributed by atoms with Gasteiger partial charge < -0.3 is 19.5 Å². The number of β-amino-alcohol motifs (C(OH)–C–C–N with tert-alkyl or cyclic N) is 1. The van der Waals surface area contributed by atoms with Crippen molar-refractivity contribution in [2.24, 2.45) is 5.92 Å². The molecule has 1 atom stereocenters. The summed E-state index contributed by atoms with van der Waals surface area (Å²) in [5.74, 6) is 1.51. The maximum Gasteiger partial charge on any atom is 0.225 e. The van der Waals surface area contributed by atoms with E-state index in [0.29, 0.717) is 31.1 Å². The lowest BCUT2D eigenvalue weighted by Crippen LogP contribution is -2.51. The minimum absolute atomic E-state index is 0.0309. The van der Waals surface area contributed by atoms with Crippen molar-refractivity contribution in [1.82, 2.24) is 9.80 Å². The summed E-state index contributed by atoms with van der Waals surface area (Å²) in [5.41, 5.74) is 1.10. The van der Waals surface area contributed by atoms with Crippen molar-refractivity contribution in [1.29, 1.82) is 0 Å². The predicted octanol–water partition coefficient (Wildman–Crippen LogP) is 1.96. The summed E-state index contributed by atoms with van der Waals surface area (Å²) in [6.07, 6.45) is 2.01. The monoisotopic (exact) mass is 376 g/mol. The number of benzene rings is 1. The Morgan fingerprint density at radius 3 is 2.56 bits per heavy atom. The highest BCUT2D eigenvalue weighted by Crippen LogP contribution is 2.28. The van der Waals surface area contributed by atoms with E-state index in [1.165, 1.54) is 0 Å². The van der Waals surface area contributed by atoms with Crippen LogP contribution >= 0.6 is 0 Å². The molecule has 0 saturated carbocycles. The fourth-order valence-corrected chi connectivity index (χ4v) is 3.18. The predicted molar refractivity (Wildman–Crippen MR) is 106 cm³/mol. The van der Waals surface area contributed by atoms with Crippen LogP contribution in [0, 0.1) is 5.92 Å². The summed E-state index contributed by atoms with van der Waals surface area (Å²) in [6, 6.07) is 5.76. The van der Waals surface area contributed by atoms with Crippen molar-refractivity contribution in [3.8, 4) is 11.5 Å². The Hall–Kier alpha value is -2.05. The van der Waals surface area contributed by atoms with Crippen LogP contribution in [0.4, 0.5) is 0 Å². The van der Waals surface area contributed by atoms with Gasteiger partial charge in [-0.25, -0.2) is 0 Å². The van der Waals surface area contributed by atoms with Crippen molar-refractivity contribution >= 4 is 5.91 Å². The molecule has 1 heterocycles.